The van der Waals surface area contributed by atoms with Crippen LogP contribution in [0.25, 0.3) is 0 Å². The number of hydrogen-bond donors (Lipinski definition) is 3. The summed E-state index contributed by atoms with van der Waals surface area (Å²) in [6.45, 7) is 3.93. The first kappa shape index (κ1) is 11.3. The fraction of sp³-hybridized carbons (Fsp3) is 0.900. The zero-order valence-electron chi connectivity index (χ0n) is 8.88. The van der Waals surface area contributed by atoms with Gasteiger partial charge in [0, 0.05) is 12.6 Å². The molecular weight excluding hydrogens is 178 g/mol. The molecule has 2 amide bonds. The van der Waals surface area contributed by atoms with Crippen molar-refractivity contribution in [1.29, 1.82) is 0 Å². The maximum atomic E-state index is 10.5. The van der Waals surface area contributed by atoms with Crippen LogP contribution in [0.3, 0.4) is 0 Å². The van der Waals surface area contributed by atoms with Crippen molar-refractivity contribution in [2.24, 2.45) is 11.7 Å². The van der Waals surface area contributed by atoms with E-state index in [9.17, 15) is 4.79 Å². The number of carbonyl (C=O) groups is 1. The molecule has 1 rings (SSSR count). The summed E-state index contributed by atoms with van der Waals surface area (Å²) >= 11 is 0. The van der Waals surface area contributed by atoms with Crippen LogP contribution in [0.2, 0.25) is 0 Å². The summed E-state index contributed by atoms with van der Waals surface area (Å²) in [5, 5.41) is 6.17. The monoisotopic (exact) mass is 199 g/mol. The van der Waals surface area contributed by atoms with Crippen molar-refractivity contribution in [2.45, 2.75) is 38.6 Å². The van der Waals surface area contributed by atoms with Crippen molar-refractivity contribution >= 4 is 6.03 Å². The number of rotatable bonds is 3. The molecule has 4 N–H and O–H groups in total. The summed E-state index contributed by atoms with van der Waals surface area (Å²) in [4.78, 5) is 10.5. The van der Waals surface area contributed by atoms with Gasteiger partial charge in [-0.3, -0.25) is 0 Å². The van der Waals surface area contributed by atoms with E-state index >= 15 is 0 Å². The van der Waals surface area contributed by atoms with E-state index in [-0.39, 0.29) is 0 Å². The molecule has 0 saturated carbocycles. The van der Waals surface area contributed by atoms with Crippen molar-refractivity contribution in [3.8, 4) is 0 Å². The van der Waals surface area contributed by atoms with Crippen LogP contribution in [0.15, 0.2) is 0 Å². The lowest BCUT2D eigenvalue weighted by atomic mass is 9.97. The standard InChI is InChI=1S/C10H21N3O/c1-8(7-13-10(11)14)9-5-3-2-4-6-12-9/h8-9,12H,2-7H2,1H3,(H3,11,13,14). The van der Waals surface area contributed by atoms with E-state index < -0.39 is 6.03 Å². The van der Waals surface area contributed by atoms with Crippen LogP contribution in [-0.2, 0) is 0 Å². The molecule has 2 unspecified atom stereocenters. The highest BCUT2D eigenvalue weighted by molar-refractivity contribution is 5.71. The van der Waals surface area contributed by atoms with E-state index in [1.807, 2.05) is 0 Å². The van der Waals surface area contributed by atoms with Gasteiger partial charge in [-0.25, -0.2) is 4.79 Å². The topological polar surface area (TPSA) is 67.1 Å². The molecule has 2 atom stereocenters. The lowest BCUT2D eigenvalue weighted by Gasteiger charge is -2.23. The molecule has 1 heterocycles. The summed E-state index contributed by atoms with van der Waals surface area (Å²) < 4.78 is 0. The predicted octanol–water partition coefficient (Wildman–Crippen LogP) is 0.823. The number of hydrogen-bond acceptors (Lipinski definition) is 2. The van der Waals surface area contributed by atoms with Crippen LogP contribution >= 0.6 is 0 Å². The lowest BCUT2D eigenvalue weighted by molar-refractivity contribution is 0.245. The fourth-order valence-corrected chi connectivity index (χ4v) is 1.95. The first-order valence-corrected chi connectivity index (χ1v) is 5.47. The Bertz CT molecular complexity index is 176. The maximum Gasteiger partial charge on any atom is 0.312 e. The first-order valence-electron chi connectivity index (χ1n) is 5.47. The second-order valence-corrected chi connectivity index (χ2v) is 4.13. The zero-order valence-corrected chi connectivity index (χ0v) is 8.88. The van der Waals surface area contributed by atoms with Gasteiger partial charge < -0.3 is 16.4 Å². The summed E-state index contributed by atoms with van der Waals surface area (Å²) in [6, 6.07) is 0.106. The van der Waals surface area contributed by atoms with E-state index in [1.165, 1.54) is 25.7 Å². The van der Waals surface area contributed by atoms with Crippen LogP contribution < -0.4 is 16.4 Å². The molecule has 0 aromatic rings. The van der Waals surface area contributed by atoms with Crippen molar-refractivity contribution < 1.29 is 4.79 Å². The van der Waals surface area contributed by atoms with Gasteiger partial charge in [0.25, 0.3) is 0 Å². The average molecular weight is 199 g/mol. The molecule has 1 fully saturated rings. The first-order chi connectivity index (χ1) is 6.70. The maximum absolute atomic E-state index is 10.5. The highest BCUT2D eigenvalue weighted by atomic mass is 16.2. The fourth-order valence-electron chi connectivity index (χ4n) is 1.95. The van der Waals surface area contributed by atoms with Gasteiger partial charge in [0.15, 0.2) is 0 Å². The highest BCUT2D eigenvalue weighted by Crippen LogP contribution is 2.14. The van der Waals surface area contributed by atoms with Crippen molar-refractivity contribution in [3.63, 3.8) is 0 Å². The minimum absolute atomic E-state index is 0.425. The Balaban J connectivity index is 2.26. The van der Waals surface area contributed by atoms with Crippen LogP contribution in [-0.4, -0.2) is 25.2 Å². The lowest BCUT2D eigenvalue weighted by Crippen LogP contribution is -2.42. The minimum atomic E-state index is -0.425. The highest BCUT2D eigenvalue weighted by Gasteiger charge is 2.18. The van der Waals surface area contributed by atoms with Crippen molar-refractivity contribution in [3.05, 3.63) is 0 Å². The summed E-state index contributed by atoms with van der Waals surface area (Å²) in [7, 11) is 0. The summed E-state index contributed by atoms with van der Waals surface area (Å²) in [5.74, 6) is 0.459. The molecule has 0 aromatic carbocycles. The Morgan fingerprint density at radius 1 is 1.57 bits per heavy atom. The van der Waals surface area contributed by atoms with E-state index in [2.05, 4.69) is 17.6 Å². The summed E-state index contributed by atoms with van der Waals surface area (Å²) in [5.41, 5.74) is 5.03. The van der Waals surface area contributed by atoms with Gasteiger partial charge in [-0.05, 0) is 25.3 Å². The quantitative estimate of drug-likeness (QED) is 0.630. The van der Waals surface area contributed by atoms with Crippen molar-refractivity contribution in [2.75, 3.05) is 13.1 Å². The normalized spacial score (nSPS) is 25.1. The third kappa shape index (κ3) is 3.96. The predicted molar refractivity (Wildman–Crippen MR) is 57.0 cm³/mol. The molecule has 0 aliphatic carbocycles. The molecule has 1 aliphatic rings. The zero-order chi connectivity index (χ0) is 10.4. The molecule has 0 spiro atoms. The van der Waals surface area contributed by atoms with Crippen LogP contribution in [0.1, 0.15) is 32.6 Å². The Morgan fingerprint density at radius 3 is 3.07 bits per heavy atom. The number of urea groups is 1. The second kappa shape index (κ2) is 5.86. The van der Waals surface area contributed by atoms with E-state index in [0.717, 1.165) is 6.54 Å². The van der Waals surface area contributed by atoms with Gasteiger partial charge in [-0.2, -0.15) is 0 Å². The molecule has 0 bridgehead atoms. The van der Waals surface area contributed by atoms with E-state index in [0.29, 0.717) is 18.5 Å². The third-order valence-electron chi connectivity index (χ3n) is 2.88. The minimum Gasteiger partial charge on any atom is -0.352 e. The Labute approximate surface area is 85.6 Å². The van der Waals surface area contributed by atoms with Gasteiger partial charge in [-0.1, -0.05) is 19.8 Å². The van der Waals surface area contributed by atoms with E-state index in [1.54, 1.807) is 0 Å². The largest absolute Gasteiger partial charge is 0.352 e. The van der Waals surface area contributed by atoms with Crippen LogP contribution in [0.5, 0.6) is 0 Å². The SMILES string of the molecule is CC(CNC(N)=O)C1CCCCCN1. The smallest absolute Gasteiger partial charge is 0.312 e. The Kier molecular flexibility index (Phi) is 4.73. The molecule has 14 heavy (non-hydrogen) atoms. The molecule has 0 aromatic heterocycles. The molecule has 82 valence electrons. The summed E-state index contributed by atoms with van der Waals surface area (Å²) in [6.07, 6.45) is 5.09. The molecule has 4 heteroatoms. The van der Waals surface area contributed by atoms with Crippen molar-refractivity contribution in [1.82, 2.24) is 10.6 Å². The number of carbonyl (C=O) groups excluding carboxylic acids is 1. The average Bonchev–Trinajstić information content (AvgIpc) is 2.42. The number of nitrogens with two attached hydrogens (primary N) is 1. The van der Waals surface area contributed by atoms with Crippen LogP contribution in [0, 0.1) is 5.92 Å². The van der Waals surface area contributed by atoms with Gasteiger partial charge in [0.1, 0.15) is 0 Å². The third-order valence-corrected chi connectivity index (χ3v) is 2.88. The Morgan fingerprint density at radius 2 is 2.36 bits per heavy atom. The molecule has 1 aliphatic heterocycles. The van der Waals surface area contributed by atoms with E-state index in [4.69, 9.17) is 5.73 Å². The Hall–Kier alpha value is -0.770. The van der Waals surface area contributed by atoms with Gasteiger partial charge in [0.05, 0.1) is 0 Å². The van der Waals surface area contributed by atoms with Gasteiger partial charge in [-0.15, -0.1) is 0 Å². The van der Waals surface area contributed by atoms with Crippen LogP contribution in [0.4, 0.5) is 4.79 Å². The number of nitrogens with one attached hydrogen (secondary N) is 2. The number of primary amides is 1. The number of amides is 2. The molecule has 1 saturated heterocycles. The van der Waals surface area contributed by atoms with Gasteiger partial charge in [0.2, 0.25) is 0 Å². The molecule has 0 radical (unpaired) electrons. The van der Waals surface area contributed by atoms with Gasteiger partial charge >= 0.3 is 6.03 Å². The molecular formula is C10H21N3O. The second-order valence-electron chi connectivity index (χ2n) is 4.13. The molecule has 4 nitrogen and oxygen atoms in total.